The van der Waals surface area contributed by atoms with E-state index in [1.165, 1.54) is 231 Å². The average Bonchev–Trinajstić information content (AvgIpc) is 3.27. The second kappa shape index (κ2) is 49.0. The molecule has 0 fully saturated rings. The smallest absolute Gasteiger partial charge is 0.306 e. The van der Waals surface area contributed by atoms with E-state index in [4.69, 9.17) is 18.5 Å². The van der Waals surface area contributed by atoms with Crippen molar-refractivity contribution in [3.05, 3.63) is 0 Å². The van der Waals surface area contributed by atoms with Crippen LogP contribution in [-0.4, -0.2) is 70.0 Å². The van der Waals surface area contributed by atoms with Crippen LogP contribution < -0.4 is 4.89 Å². The van der Waals surface area contributed by atoms with Gasteiger partial charge in [0, 0.05) is 12.8 Å². The summed E-state index contributed by atoms with van der Waals surface area (Å²) < 4.78 is 34.2. The topological polar surface area (TPSA) is 111 Å². The lowest BCUT2D eigenvalue weighted by atomic mass is 10.0. The van der Waals surface area contributed by atoms with Gasteiger partial charge >= 0.3 is 11.9 Å². The highest BCUT2D eigenvalue weighted by Gasteiger charge is 2.22. The zero-order chi connectivity index (χ0) is 48.5. The van der Waals surface area contributed by atoms with Gasteiger partial charge in [-0.05, 0) is 12.8 Å². The Hall–Kier alpha value is -0.990. The predicted molar refractivity (Wildman–Crippen MR) is 278 cm³/mol. The zero-order valence-electron chi connectivity index (χ0n) is 44.7. The molecule has 66 heavy (non-hydrogen) atoms. The van der Waals surface area contributed by atoms with Gasteiger partial charge in [0.2, 0.25) is 0 Å². The summed E-state index contributed by atoms with van der Waals surface area (Å²) in [5, 5.41) is 0. The first-order chi connectivity index (χ1) is 32.0. The van der Waals surface area contributed by atoms with Gasteiger partial charge in [-0.2, -0.15) is 0 Å². The van der Waals surface area contributed by atoms with E-state index in [0.29, 0.717) is 17.4 Å². The monoisotopic (exact) mass is 958 g/mol. The van der Waals surface area contributed by atoms with Crippen LogP contribution >= 0.6 is 7.82 Å². The number of unbranched alkanes of at least 4 members (excludes halogenated alkanes) is 40. The minimum atomic E-state index is -4.63. The molecule has 0 rings (SSSR count). The molecule has 9 nitrogen and oxygen atoms in total. The Morgan fingerprint density at radius 1 is 0.409 bits per heavy atom. The van der Waals surface area contributed by atoms with Gasteiger partial charge in [0.05, 0.1) is 27.7 Å². The number of hydrogen-bond acceptors (Lipinski definition) is 8. The number of nitrogens with zero attached hydrogens (tertiary/aromatic N) is 1. The van der Waals surface area contributed by atoms with Gasteiger partial charge in [0.15, 0.2) is 6.10 Å². The van der Waals surface area contributed by atoms with Gasteiger partial charge in [-0.1, -0.05) is 271 Å². The van der Waals surface area contributed by atoms with E-state index in [2.05, 4.69) is 13.8 Å². The molecule has 0 radical (unpaired) electrons. The quantitative estimate of drug-likeness (QED) is 0.0256. The summed E-state index contributed by atoms with van der Waals surface area (Å²) in [4.78, 5) is 37.8. The van der Waals surface area contributed by atoms with Gasteiger partial charge < -0.3 is 27.9 Å². The molecule has 0 aromatic heterocycles. The molecule has 0 saturated carbocycles. The number of likely N-dealkylation sites (N-methyl/N-ethyl adjacent to an activating group) is 1. The highest BCUT2D eigenvalue weighted by molar-refractivity contribution is 7.45. The summed E-state index contributed by atoms with van der Waals surface area (Å²) in [5.74, 6) is -0.809. The highest BCUT2D eigenvalue weighted by atomic mass is 31.2. The largest absolute Gasteiger partial charge is 0.756 e. The van der Waals surface area contributed by atoms with E-state index in [1.807, 2.05) is 21.1 Å². The first-order valence-electron chi connectivity index (χ1n) is 28.7. The summed E-state index contributed by atoms with van der Waals surface area (Å²) >= 11 is 0. The molecule has 0 saturated heterocycles. The van der Waals surface area contributed by atoms with Crippen molar-refractivity contribution < 1.29 is 42.1 Å². The molecule has 2 atom stereocenters. The number of esters is 2. The Balaban J connectivity index is 4.12. The van der Waals surface area contributed by atoms with Crippen molar-refractivity contribution in [1.82, 2.24) is 0 Å². The molecule has 0 aromatic carbocycles. The van der Waals surface area contributed by atoms with Gasteiger partial charge in [0.25, 0.3) is 7.82 Å². The van der Waals surface area contributed by atoms with Crippen LogP contribution in [0.25, 0.3) is 0 Å². The van der Waals surface area contributed by atoms with Crippen LogP contribution in [0, 0.1) is 0 Å². The van der Waals surface area contributed by atoms with Crippen molar-refractivity contribution in [2.75, 3.05) is 47.5 Å². The SMILES string of the molecule is CCCCCCCCCCCCCCCCCCCCCCCC(=O)OCC(COP(=O)([O-])OCC[N+](C)(C)C)OC(=O)CCCCCCCCCCCCCCCCCCCCCCC. The molecule has 0 aliphatic carbocycles. The van der Waals surface area contributed by atoms with Crippen molar-refractivity contribution in [3.63, 3.8) is 0 Å². The van der Waals surface area contributed by atoms with E-state index in [0.717, 1.165) is 32.1 Å². The molecule has 0 spiro atoms. The van der Waals surface area contributed by atoms with Crippen LogP contribution in [0.1, 0.15) is 296 Å². The Morgan fingerprint density at radius 2 is 0.682 bits per heavy atom. The van der Waals surface area contributed by atoms with Crippen LogP contribution in [0.15, 0.2) is 0 Å². The first-order valence-corrected chi connectivity index (χ1v) is 30.2. The van der Waals surface area contributed by atoms with Gasteiger partial charge in [0.1, 0.15) is 19.8 Å². The van der Waals surface area contributed by atoms with E-state index in [-0.39, 0.29) is 32.0 Å². The molecule has 10 heteroatoms. The van der Waals surface area contributed by atoms with Crippen LogP contribution in [0.4, 0.5) is 0 Å². The number of carbonyl (C=O) groups is 2. The molecule has 0 aliphatic rings. The summed E-state index contributed by atoms with van der Waals surface area (Å²) in [6.45, 7) is 4.31. The summed E-state index contributed by atoms with van der Waals surface area (Å²) in [7, 11) is 1.19. The number of rotatable bonds is 54. The fourth-order valence-corrected chi connectivity index (χ4v) is 9.39. The van der Waals surface area contributed by atoms with E-state index in [9.17, 15) is 19.0 Å². The Kier molecular flexibility index (Phi) is 48.3. The maximum Gasteiger partial charge on any atom is 0.306 e. The number of ether oxygens (including phenoxy) is 2. The predicted octanol–water partition coefficient (Wildman–Crippen LogP) is 16.9. The van der Waals surface area contributed by atoms with Gasteiger partial charge in [-0.15, -0.1) is 0 Å². The molecule has 0 heterocycles. The lowest BCUT2D eigenvalue weighted by molar-refractivity contribution is -0.870. The lowest BCUT2D eigenvalue weighted by Gasteiger charge is -2.28. The molecule has 394 valence electrons. The first kappa shape index (κ1) is 65.0. The van der Waals surface area contributed by atoms with Crippen LogP contribution in [0.3, 0.4) is 0 Å². The molecule has 0 bridgehead atoms. The third-order valence-corrected chi connectivity index (χ3v) is 14.1. The minimum Gasteiger partial charge on any atom is -0.756 e. The molecule has 0 N–H and O–H groups in total. The lowest BCUT2D eigenvalue weighted by Crippen LogP contribution is -2.37. The Labute approximate surface area is 410 Å². The van der Waals surface area contributed by atoms with Gasteiger partial charge in [-0.3, -0.25) is 14.2 Å². The average molecular weight is 958 g/mol. The second-order valence-corrected chi connectivity index (χ2v) is 22.4. The molecule has 0 aliphatic heterocycles. The van der Waals surface area contributed by atoms with Crippen molar-refractivity contribution in [2.45, 2.75) is 302 Å². The zero-order valence-corrected chi connectivity index (χ0v) is 45.6. The number of carbonyl (C=O) groups excluding carboxylic acids is 2. The molecule has 0 amide bonds. The van der Waals surface area contributed by atoms with Crippen LogP contribution in [0.5, 0.6) is 0 Å². The minimum absolute atomic E-state index is 0.0251. The Morgan fingerprint density at radius 3 is 0.970 bits per heavy atom. The van der Waals surface area contributed by atoms with Crippen molar-refractivity contribution in [2.24, 2.45) is 0 Å². The van der Waals surface area contributed by atoms with Crippen LogP contribution in [0.2, 0.25) is 0 Å². The Bertz CT molecular complexity index is 1080. The fourth-order valence-electron chi connectivity index (χ4n) is 8.66. The normalized spacial score (nSPS) is 13.2. The third kappa shape index (κ3) is 52.4. The maximum absolute atomic E-state index is 12.8. The highest BCUT2D eigenvalue weighted by Crippen LogP contribution is 2.38. The number of phosphoric acid groups is 1. The number of hydrogen-bond donors (Lipinski definition) is 0. The van der Waals surface area contributed by atoms with Gasteiger partial charge in [-0.25, -0.2) is 0 Å². The van der Waals surface area contributed by atoms with Crippen molar-refractivity contribution in [1.29, 1.82) is 0 Å². The molecule has 2 unspecified atom stereocenters. The van der Waals surface area contributed by atoms with E-state index < -0.39 is 26.5 Å². The second-order valence-electron chi connectivity index (χ2n) is 21.0. The summed E-state index contributed by atoms with van der Waals surface area (Å²) in [5.41, 5.74) is 0. The number of phosphoric ester groups is 1. The summed E-state index contributed by atoms with van der Waals surface area (Å²) in [6.07, 6.45) is 54.3. The fraction of sp³-hybridized carbons (Fsp3) is 0.964. The molecular weight excluding hydrogens is 846 g/mol. The molecular formula is C56H112NO8P. The standard InChI is InChI=1S/C56H112NO8P/c1-6-8-10-12-14-16-18-20-22-24-26-28-30-32-34-36-38-40-42-44-46-48-55(58)62-52-54(53-64-66(60,61)63-51-50-57(3,4)5)65-56(59)49-47-45-43-41-39-37-35-33-31-29-27-25-23-21-19-17-15-13-11-9-7-2/h54H,6-53H2,1-5H3. The maximum atomic E-state index is 12.8. The summed E-state index contributed by atoms with van der Waals surface area (Å²) in [6, 6.07) is 0. The third-order valence-electron chi connectivity index (χ3n) is 13.1. The molecule has 0 aromatic rings. The van der Waals surface area contributed by atoms with E-state index >= 15 is 0 Å². The van der Waals surface area contributed by atoms with E-state index in [1.54, 1.807) is 0 Å². The van der Waals surface area contributed by atoms with Crippen molar-refractivity contribution in [3.8, 4) is 0 Å². The number of quaternary nitrogens is 1. The van der Waals surface area contributed by atoms with Crippen LogP contribution in [-0.2, 0) is 32.7 Å². The van der Waals surface area contributed by atoms with Crippen molar-refractivity contribution >= 4 is 19.8 Å².